The van der Waals surface area contributed by atoms with E-state index in [0.717, 1.165) is 60.8 Å². The molecule has 0 aromatic carbocycles. The van der Waals surface area contributed by atoms with Crippen LogP contribution in [0.4, 0.5) is 0 Å². The van der Waals surface area contributed by atoms with Crippen molar-refractivity contribution >= 4 is 23.4 Å². The van der Waals surface area contributed by atoms with Gasteiger partial charge in [0.15, 0.2) is 12.1 Å². The van der Waals surface area contributed by atoms with E-state index in [4.69, 9.17) is 9.98 Å². The molecule has 0 spiro atoms. The van der Waals surface area contributed by atoms with Crippen LogP contribution in [-0.2, 0) is 0 Å². The molecule has 0 bridgehead atoms. The summed E-state index contributed by atoms with van der Waals surface area (Å²) >= 11 is 0. The van der Waals surface area contributed by atoms with Gasteiger partial charge >= 0.3 is 0 Å². The van der Waals surface area contributed by atoms with E-state index in [0.29, 0.717) is 11.8 Å². The fourth-order valence-corrected chi connectivity index (χ4v) is 4.31. The number of imidazole rings is 1. The molecule has 1 atom stereocenters. The summed E-state index contributed by atoms with van der Waals surface area (Å²) in [5.74, 6) is 1.12. The highest BCUT2D eigenvalue weighted by molar-refractivity contribution is 6.32. The van der Waals surface area contributed by atoms with Gasteiger partial charge in [-0.25, -0.2) is 9.98 Å². The molecule has 0 amide bonds. The molecule has 5 heterocycles. The van der Waals surface area contributed by atoms with E-state index < -0.39 is 6.23 Å². The first-order valence-corrected chi connectivity index (χ1v) is 10.3. The zero-order valence-electron chi connectivity index (χ0n) is 16.9. The van der Waals surface area contributed by atoms with Crippen LogP contribution < -0.4 is 0 Å². The molecule has 0 aliphatic carbocycles. The summed E-state index contributed by atoms with van der Waals surface area (Å²) in [6.45, 7) is 7.51. The molecular weight excluding hydrogens is 364 g/mol. The van der Waals surface area contributed by atoms with Crippen LogP contribution >= 0.6 is 0 Å². The zero-order chi connectivity index (χ0) is 20.0. The van der Waals surface area contributed by atoms with Crippen molar-refractivity contribution in [2.45, 2.75) is 32.9 Å². The van der Waals surface area contributed by atoms with E-state index >= 15 is 0 Å². The SMILES string of the molecule is CCN1CCC(C2=CN3C(=NC(c4ccc5nc(C)cn5c4)=CC3O)C=N2)CC1. The molecule has 2 aromatic rings. The van der Waals surface area contributed by atoms with Gasteiger partial charge in [-0.2, -0.15) is 0 Å². The van der Waals surface area contributed by atoms with Gasteiger partial charge < -0.3 is 14.4 Å². The molecule has 29 heavy (non-hydrogen) atoms. The lowest BCUT2D eigenvalue weighted by molar-refractivity contribution is 0.126. The second-order valence-corrected chi connectivity index (χ2v) is 7.93. The first-order valence-electron chi connectivity index (χ1n) is 10.3. The Morgan fingerprint density at radius 1 is 1.17 bits per heavy atom. The number of aliphatic hydroxyl groups excluding tert-OH is 1. The standard InChI is InChI=1S/C22H26N6O/c1-3-26-8-6-16(7-9-26)19-14-28-21(11-23-19)25-18(10-22(28)29)17-4-5-20-24-15(2)12-27(20)13-17/h4-5,10-14,16,22,29H,3,6-9H2,1-2H3. The average molecular weight is 390 g/mol. The van der Waals surface area contributed by atoms with Crippen molar-refractivity contribution in [3.8, 4) is 0 Å². The molecule has 2 aromatic heterocycles. The highest BCUT2D eigenvalue weighted by Gasteiger charge is 2.28. The largest absolute Gasteiger partial charge is 0.369 e. The van der Waals surface area contributed by atoms with Crippen molar-refractivity contribution in [1.82, 2.24) is 19.2 Å². The van der Waals surface area contributed by atoms with Crippen molar-refractivity contribution < 1.29 is 5.11 Å². The summed E-state index contributed by atoms with van der Waals surface area (Å²) in [7, 11) is 0. The fraction of sp³-hybridized carbons (Fsp3) is 0.409. The second kappa shape index (κ2) is 7.24. The van der Waals surface area contributed by atoms with Crippen LogP contribution in [0.15, 0.2) is 52.5 Å². The van der Waals surface area contributed by atoms with Gasteiger partial charge in [0.2, 0.25) is 0 Å². The molecule has 1 saturated heterocycles. The Bertz CT molecular complexity index is 1050. The van der Waals surface area contributed by atoms with Gasteiger partial charge in [0.05, 0.1) is 23.3 Å². The normalized spacial score (nSPS) is 23.1. The number of nitrogens with zero attached hydrogens (tertiary/aromatic N) is 6. The van der Waals surface area contributed by atoms with Gasteiger partial charge in [-0.15, -0.1) is 0 Å². The Balaban J connectivity index is 1.38. The van der Waals surface area contributed by atoms with Crippen LogP contribution in [0.2, 0.25) is 0 Å². The van der Waals surface area contributed by atoms with E-state index in [1.807, 2.05) is 47.0 Å². The van der Waals surface area contributed by atoms with Crippen molar-refractivity contribution in [3.05, 3.63) is 53.8 Å². The summed E-state index contributed by atoms with van der Waals surface area (Å²) in [6.07, 6.45) is 11.0. The summed E-state index contributed by atoms with van der Waals surface area (Å²) in [6, 6.07) is 3.96. The van der Waals surface area contributed by atoms with Gasteiger partial charge in [-0.1, -0.05) is 6.92 Å². The highest BCUT2D eigenvalue weighted by atomic mass is 16.3. The molecule has 7 heteroatoms. The minimum absolute atomic E-state index is 0.445. The topological polar surface area (TPSA) is 68.7 Å². The van der Waals surface area contributed by atoms with Crippen LogP contribution in [0, 0.1) is 12.8 Å². The molecule has 3 aliphatic heterocycles. The summed E-state index contributed by atoms with van der Waals surface area (Å²) < 4.78 is 1.99. The van der Waals surface area contributed by atoms with E-state index in [2.05, 4.69) is 16.8 Å². The van der Waals surface area contributed by atoms with E-state index in [1.54, 1.807) is 12.3 Å². The number of aliphatic imine (C=N–C) groups is 2. The quantitative estimate of drug-likeness (QED) is 0.875. The number of fused-ring (bicyclic) bond motifs is 2. The van der Waals surface area contributed by atoms with E-state index in [-0.39, 0.29) is 0 Å². The third kappa shape index (κ3) is 3.41. The minimum atomic E-state index is -0.754. The Hall–Kier alpha value is -2.77. The van der Waals surface area contributed by atoms with Crippen LogP contribution in [0.1, 0.15) is 31.0 Å². The Kier molecular flexibility index (Phi) is 4.56. The summed E-state index contributed by atoms with van der Waals surface area (Å²) in [5.41, 5.74) is 4.61. The third-order valence-corrected chi connectivity index (χ3v) is 6.01. The molecule has 3 aliphatic rings. The number of hydrogen-bond donors (Lipinski definition) is 1. The highest BCUT2D eigenvalue weighted by Crippen LogP contribution is 2.30. The fourth-order valence-electron chi connectivity index (χ4n) is 4.31. The van der Waals surface area contributed by atoms with Gasteiger partial charge in [-0.05, 0) is 57.6 Å². The lowest BCUT2D eigenvalue weighted by atomic mass is 9.93. The number of aryl methyl sites for hydroxylation is 1. The zero-order valence-corrected chi connectivity index (χ0v) is 16.9. The van der Waals surface area contributed by atoms with Crippen molar-refractivity contribution in [2.24, 2.45) is 15.9 Å². The van der Waals surface area contributed by atoms with Gasteiger partial charge in [-0.3, -0.25) is 9.89 Å². The number of hydrogen-bond acceptors (Lipinski definition) is 6. The molecule has 5 rings (SSSR count). The molecule has 0 saturated carbocycles. The molecule has 1 N–H and O–H groups in total. The lowest BCUT2D eigenvalue weighted by Crippen LogP contribution is -2.41. The van der Waals surface area contributed by atoms with E-state index in [1.165, 1.54) is 0 Å². The van der Waals surface area contributed by atoms with Crippen LogP contribution in [0.3, 0.4) is 0 Å². The Morgan fingerprint density at radius 2 is 2.00 bits per heavy atom. The molecule has 7 nitrogen and oxygen atoms in total. The minimum Gasteiger partial charge on any atom is -0.369 e. The Labute approximate surface area is 170 Å². The van der Waals surface area contributed by atoms with Crippen LogP contribution in [-0.4, -0.2) is 62.2 Å². The predicted octanol–water partition coefficient (Wildman–Crippen LogP) is 2.67. The number of allylic oxidation sites excluding steroid dienone is 1. The van der Waals surface area contributed by atoms with Crippen molar-refractivity contribution in [2.75, 3.05) is 19.6 Å². The van der Waals surface area contributed by atoms with Crippen molar-refractivity contribution in [1.29, 1.82) is 0 Å². The monoisotopic (exact) mass is 390 g/mol. The maximum atomic E-state index is 10.8. The molecule has 0 radical (unpaired) electrons. The number of aromatic nitrogens is 2. The smallest absolute Gasteiger partial charge is 0.154 e. The Morgan fingerprint density at radius 3 is 2.79 bits per heavy atom. The first-order chi connectivity index (χ1) is 14.1. The van der Waals surface area contributed by atoms with Gasteiger partial charge in [0.1, 0.15) is 5.65 Å². The van der Waals surface area contributed by atoms with Crippen LogP contribution in [0.25, 0.3) is 11.3 Å². The average Bonchev–Trinajstić information content (AvgIpc) is 3.12. The van der Waals surface area contributed by atoms with E-state index in [9.17, 15) is 5.11 Å². The van der Waals surface area contributed by atoms with Crippen LogP contribution in [0.5, 0.6) is 0 Å². The predicted molar refractivity (Wildman–Crippen MR) is 115 cm³/mol. The lowest BCUT2D eigenvalue weighted by Gasteiger charge is -2.35. The maximum Gasteiger partial charge on any atom is 0.154 e. The molecule has 150 valence electrons. The number of aliphatic hydroxyl groups is 1. The third-order valence-electron chi connectivity index (χ3n) is 6.01. The number of likely N-dealkylation sites (tertiary alicyclic amines) is 1. The number of pyridine rings is 1. The number of rotatable bonds is 3. The molecule has 1 unspecified atom stereocenters. The summed E-state index contributed by atoms with van der Waals surface area (Å²) in [5, 5.41) is 10.8. The number of piperidine rings is 1. The second-order valence-electron chi connectivity index (χ2n) is 7.93. The maximum absolute atomic E-state index is 10.8. The molecule has 1 fully saturated rings. The number of amidine groups is 1. The van der Waals surface area contributed by atoms with Gasteiger partial charge in [0.25, 0.3) is 0 Å². The van der Waals surface area contributed by atoms with Crippen molar-refractivity contribution in [3.63, 3.8) is 0 Å². The first kappa shape index (κ1) is 18.3. The summed E-state index contributed by atoms with van der Waals surface area (Å²) in [4.78, 5) is 18.2. The van der Waals surface area contributed by atoms with Gasteiger partial charge in [0, 0.05) is 30.1 Å². The molecular formula is C22H26N6O.